The summed E-state index contributed by atoms with van der Waals surface area (Å²) in [5, 5.41) is 7.46. The lowest BCUT2D eigenvalue weighted by Crippen LogP contribution is -2.33. The van der Waals surface area contributed by atoms with Crippen LogP contribution in [0.5, 0.6) is 5.75 Å². The maximum Gasteiger partial charge on any atom is 0.253 e. The van der Waals surface area contributed by atoms with Crippen LogP contribution in [0.2, 0.25) is 0 Å². The normalized spacial score (nSPS) is 25.3. The van der Waals surface area contributed by atoms with Crippen LogP contribution in [-0.2, 0) is 0 Å². The van der Waals surface area contributed by atoms with E-state index in [4.69, 9.17) is 4.74 Å². The molecule has 3 heterocycles. The second-order valence-electron chi connectivity index (χ2n) is 8.31. The van der Waals surface area contributed by atoms with Gasteiger partial charge >= 0.3 is 0 Å². The highest BCUT2D eigenvalue weighted by Gasteiger charge is 2.40. The number of likely N-dealkylation sites (tertiary alicyclic amines) is 1. The number of hydrogen-bond donors (Lipinski definition) is 2. The summed E-state index contributed by atoms with van der Waals surface area (Å²) in [5.41, 5.74) is 4.48. The van der Waals surface area contributed by atoms with E-state index in [2.05, 4.69) is 47.0 Å². The molecule has 2 fully saturated rings. The molecule has 1 amide bonds. The fourth-order valence-corrected chi connectivity index (χ4v) is 5.15. The molecule has 0 radical (unpaired) electrons. The lowest BCUT2D eigenvalue weighted by atomic mass is 9.80. The van der Waals surface area contributed by atoms with Gasteiger partial charge in [-0.2, -0.15) is 0 Å². The summed E-state index contributed by atoms with van der Waals surface area (Å²) in [6.07, 6.45) is 3.36. The van der Waals surface area contributed by atoms with Gasteiger partial charge in [0.2, 0.25) is 0 Å². The van der Waals surface area contributed by atoms with E-state index in [0.29, 0.717) is 12.5 Å². The maximum atomic E-state index is 12.9. The standard InChI is InChI=1S/C24H29N3O2/c1-2-29-18-8-5-16(6-9-18)22-19-11-12-25-23(19)20-15-17(7-10-21(20)26-22)24(28)27-13-3-4-14-27/h5-10,15,19,22-23,25-26H,2-4,11-14H2,1H3. The first kappa shape index (κ1) is 18.5. The zero-order valence-corrected chi connectivity index (χ0v) is 17.0. The number of anilines is 1. The topological polar surface area (TPSA) is 53.6 Å². The lowest BCUT2D eigenvalue weighted by Gasteiger charge is -2.37. The van der Waals surface area contributed by atoms with Gasteiger partial charge in [-0.15, -0.1) is 0 Å². The third-order valence-corrected chi connectivity index (χ3v) is 6.59. The van der Waals surface area contributed by atoms with Gasteiger partial charge in [0.25, 0.3) is 5.91 Å². The highest BCUT2D eigenvalue weighted by Crippen LogP contribution is 2.47. The van der Waals surface area contributed by atoms with Crippen molar-refractivity contribution in [3.63, 3.8) is 0 Å². The monoisotopic (exact) mass is 391 g/mol. The summed E-state index contributed by atoms with van der Waals surface area (Å²) in [4.78, 5) is 14.9. The molecular formula is C24H29N3O2. The van der Waals surface area contributed by atoms with Crippen LogP contribution >= 0.6 is 0 Å². The molecule has 3 atom stereocenters. The molecule has 3 unspecified atom stereocenters. The second-order valence-corrected chi connectivity index (χ2v) is 8.31. The Bertz CT molecular complexity index is 889. The van der Waals surface area contributed by atoms with Crippen LogP contribution in [0.3, 0.4) is 0 Å². The van der Waals surface area contributed by atoms with Crippen LogP contribution in [0.15, 0.2) is 42.5 Å². The maximum absolute atomic E-state index is 12.9. The van der Waals surface area contributed by atoms with Gasteiger partial charge in [0.1, 0.15) is 5.75 Å². The summed E-state index contributed by atoms with van der Waals surface area (Å²) in [6, 6.07) is 15.2. The summed E-state index contributed by atoms with van der Waals surface area (Å²) in [6.45, 7) is 5.47. The van der Waals surface area contributed by atoms with Crippen molar-refractivity contribution in [1.29, 1.82) is 0 Å². The molecular weight excluding hydrogens is 362 g/mol. The fraction of sp³-hybridized carbons (Fsp3) is 0.458. The Morgan fingerprint density at radius 1 is 1.10 bits per heavy atom. The van der Waals surface area contributed by atoms with Crippen molar-refractivity contribution in [3.8, 4) is 5.75 Å². The summed E-state index contributed by atoms with van der Waals surface area (Å²) < 4.78 is 5.60. The van der Waals surface area contributed by atoms with Gasteiger partial charge in [0.05, 0.1) is 12.6 Å². The fourth-order valence-electron chi connectivity index (χ4n) is 5.15. The Morgan fingerprint density at radius 2 is 1.90 bits per heavy atom. The van der Waals surface area contributed by atoms with E-state index in [1.54, 1.807) is 0 Å². The Balaban J connectivity index is 1.44. The molecule has 0 spiro atoms. The SMILES string of the molecule is CCOc1ccc(C2Nc3ccc(C(=O)N4CCCC4)cc3C3NCCC23)cc1. The number of fused-ring (bicyclic) bond motifs is 3. The Hall–Kier alpha value is -2.53. The van der Waals surface area contributed by atoms with Crippen LogP contribution < -0.4 is 15.4 Å². The Labute approximate surface area is 172 Å². The van der Waals surface area contributed by atoms with Crippen molar-refractivity contribution < 1.29 is 9.53 Å². The van der Waals surface area contributed by atoms with Crippen molar-refractivity contribution >= 4 is 11.6 Å². The molecule has 152 valence electrons. The van der Waals surface area contributed by atoms with E-state index in [1.165, 1.54) is 11.1 Å². The third-order valence-electron chi connectivity index (χ3n) is 6.59. The first-order chi connectivity index (χ1) is 14.2. The molecule has 2 saturated heterocycles. The zero-order valence-electron chi connectivity index (χ0n) is 17.0. The number of hydrogen-bond acceptors (Lipinski definition) is 4. The summed E-state index contributed by atoms with van der Waals surface area (Å²) in [5.74, 6) is 1.56. The van der Waals surface area contributed by atoms with Crippen molar-refractivity contribution in [2.24, 2.45) is 5.92 Å². The average Bonchev–Trinajstić information content (AvgIpc) is 3.45. The first-order valence-electron chi connectivity index (χ1n) is 10.9. The molecule has 0 aliphatic carbocycles. The van der Waals surface area contributed by atoms with Gasteiger partial charge in [0.15, 0.2) is 0 Å². The number of amides is 1. The van der Waals surface area contributed by atoms with E-state index >= 15 is 0 Å². The molecule has 0 aromatic heterocycles. The molecule has 5 nitrogen and oxygen atoms in total. The number of carbonyl (C=O) groups is 1. The number of ether oxygens (including phenoxy) is 1. The number of nitrogens with zero attached hydrogens (tertiary/aromatic N) is 1. The van der Waals surface area contributed by atoms with Gasteiger partial charge < -0.3 is 20.3 Å². The Kier molecular flexibility index (Phi) is 4.92. The van der Waals surface area contributed by atoms with Crippen molar-refractivity contribution in [3.05, 3.63) is 59.2 Å². The van der Waals surface area contributed by atoms with Gasteiger partial charge in [0, 0.05) is 36.3 Å². The van der Waals surface area contributed by atoms with Crippen molar-refractivity contribution in [1.82, 2.24) is 10.2 Å². The lowest BCUT2D eigenvalue weighted by molar-refractivity contribution is 0.0792. The smallest absolute Gasteiger partial charge is 0.253 e. The van der Waals surface area contributed by atoms with E-state index < -0.39 is 0 Å². The minimum absolute atomic E-state index is 0.175. The summed E-state index contributed by atoms with van der Waals surface area (Å²) >= 11 is 0. The number of nitrogens with one attached hydrogen (secondary N) is 2. The quantitative estimate of drug-likeness (QED) is 0.823. The molecule has 5 heteroatoms. The minimum Gasteiger partial charge on any atom is -0.494 e. The number of benzene rings is 2. The van der Waals surface area contributed by atoms with Gasteiger partial charge in [-0.1, -0.05) is 12.1 Å². The molecule has 2 N–H and O–H groups in total. The molecule has 0 bridgehead atoms. The van der Waals surface area contributed by atoms with Crippen LogP contribution in [0.4, 0.5) is 5.69 Å². The van der Waals surface area contributed by atoms with E-state index in [1.807, 2.05) is 17.9 Å². The van der Waals surface area contributed by atoms with Crippen LogP contribution in [-0.4, -0.2) is 37.0 Å². The molecule has 3 aliphatic rings. The first-order valence-corrected chi connectivity index (χ1v) is 10.9. The van der Waals surface area contributed by atoms with E-state index in [9.17, 15) is 4.79 Å². The Morgan fingerprint density at radius 3 is 2.66 bits per heavy atom. The molecule has 0 saturated carbocycles. The second kappa shape index (κ2) is 7.71. The van der Waals surface area contributed by atoms with Crippen LogP contribution in [0.25, 0.3) is 0 Å². The molecule has 3 aliphatic heterocycles. The highest BCUT2D eigenvalue weighted by atomic mass is 16.5. The van der Waals surface area contributed by atoms with Crippen LogP contribution in [0.1, 0.15) is 59.8 Å². The van der Waals surface area contributed by atoms with Crippen molar-refractivity contribution in [2.75, 3.05) is 31.6 Å². The predicted octanol–water partition coefficient (Wildman–Crippen LogP) is 4.14. The molecule has 29 heavy (non-hydrogen) atoms. The average molecular weight is 392 g/mol. The predicted molar refractivity (Wildman–Crippen MR) is 114 cm³/mol. The van der Waals surface area contributed by atoms with E-state index in [-0.39, 0.29) is 18.0 Å². The number of rotatable bonds is 4. The molecule has 2 aromatic carbocycles. The van der Waals surface area contributed by atoms with Crippen LogP contribution in [0, 0.1) is 5.92 Å². The van der Waals surface area contributed by atoms with Gasteiger partial charge in [-0.3, -0.25) is 4.79 Å². The van der Waals surface area contributed by atoms with Gasteiger partial charge in [-0.05, 0) is 74.2 Å². The largest absolute Gasteiger partial charge is 0.494 e. The highest BCUT2D eigenvalue weighted by molar-refractivity contribution is 5.95. The molecule has 2 aromatic rings. The molecule has 5 rings (SSSR count). The van der Waals surface area contributed by atoms with E-state index in [0.717, 1.165) is 55.9 Å². The minimum atomic E-state index is 0.175. The third kappa shape index (κ3) is 3.38. The zero-order chi connectivity index (χ0) is 19.8. The van der Waals surface area contributed by atoms with Gasteiger partial charge in [-0.25, -0.2) is 0 Å². The number of carbonyl (C=O) groups excluding carboxylic acids is 1. The van der Waals surface area contributed by atoms with Crippen molar-refractivity contribution in [2.45, 2.75) is 38.3 Å². The summed E-state index contributed by atoms with van der Waals surface area (Å²) in [7, 11) is 0.